The molecule has 166 valence electrons. The van der Waals surface area contributed by atoms with Crippen molar-refractivity contribution < 1.29 is 13.7 Å². The lowest BCUT2D eigenvalue weighted by atomic mass is 9.96. The Morgan fingerprint density at radius 2 is 1.94 bits per heavy atom. The van der Waals surface area contributed by atoms with Gasteiger partial charge in [-0.15, -0.1) is 0 Å². The monoisotopic (exact) mass is 435 g/mol. The number of rotatable bonds is 6. The number of carbonyl (C=O) groups is 1. The summed E-state index contributed by atoms with van der Waals surface area (Å²) >= 11 is 0. The Morgan fingerprint density at radius 1 is 1.22 bits per heavy atom. The number of halogens is 1. The molecule has 2 N–H and O–H groups in total. The number of amides is 1. The van der Waals surface area contributed by atoms with E-state index in [1.807, 2.05) is 32.0 Å². The standard InChI is InChI=1S/C24H26FN5O2/c1-15(2)27-21-13-18(3-4-19(21)14-26)22-28-23(32-29-22)16-9-11-30(12-10-16)24(31)17-5-7-20(25)8-6-17/h3-8,13-16,26-27H,9-12H2,1-2H3. The first kappa shape index (κ1) is 21.7. The Morgan fingerprint density at radius 3 is 2.59 bits per heavy atom. The minimum atomic E-state index is -0.355. The summed E-state index contributed by atoms with van der Waals surface area (Å²) in [5, 5.41) is 15.1. The summed E-state index contributed by atoms with van der Waals surface area (Å²) in [6.45, 7) is 5.24. The first-order valence-corrected chi connectivity index (χ1v) is 10.7. The van der Waals surface area contributed by atoms with Gasteiger partial charge in [-0.1, -0.05) is 17.3 Å². The molecule has 0 aliphatic carbocycles. The zero-order valence-corrected chi connectivity index (χ0v) is 18.1. The molecule has 1 aliphatic rings. The summed E-state index contributed by atoms with van der Waals surface area (Å²) in [4.78, 5) is 19.0. The van der Waals surface area contributed by atoms with Gasteiger partial charge < -0.3 is 20.1 Å². The van der Waals surface area contributed by atoms with Crippen LogP contribution in [0.15, 0.2) is 47.0 Å². The number of nitrogens with zero attached hydrogens (tertiary/aromatic N) is 3. The van der Waals surface area contributed by atoms with Crippen LogP contribution in [0.2, 0.25) is 0 Å². The van der Waals surface area contributed by atoms with Crippen molar-refractivity contribution in [3.05, 3.63) is 65.3 Å². The first-order chi connectivity index (χ1) is 15.4. The maximum absolute atomic E-state index is 13.1. The van der Waals surface area contributed by atoms with Crippen LogP contribution in [-0.4, -0.2) is 46.3 Å². The van der Waals surface area contributed by atoms with Crippen LogP contribution in [0, 0.1) is 11.2 Å². The summed E-state index contributed by atoms with van der Waals surface area (Å²) in [6, 6.07) is 11.5. The van der Waals surface area contributed by atoms with E-state index in [-0.39, 0.29) is 23.7 Å². The van der Waals surface area contributed by atoms with Gasteiger partial charge >= 0.3 is 0 Å². The van der Waals surface area contributed by atoms with E-state index in [1.165, 1.54) is 30.5 Å². The number of hydrogen-bond acceptors (Lipinski definition) is 6. The van der Waals surface area contributed by atoms with Gasteiger partial charge in [0, 0.05) is 53.6 Å². The van der Waals surface area contributed by atoms with Gasteiger partial charge in [0.1, 0.15) is 5.82 Å². The number of nitrogens with one attached hydrogen (secondary N) is 2. The highest BCUT2D eigenvalue weighted by Gasteiger charge is 2.28. The molecule has 1 saturated heterocycles. The van der Waals surface area contributed by atoms with E-state index in [9.17, 15) is 9.18 Å². The SMILES string of the molecule is CC(C)Nc1cc(-c2noc(C3CCN(C(=O)c4ccc(F)cc4)CC3)n2)ccc1C=N. The van der Waals surface area contributed by atoms with Crippen LogP contribution in [0.1, 0.15) is 54.4 Å². The van der Waals surface area contributed by atoms with Gasteiger partial charge in [0.25, 0.3) is 5.91 Å². The van der Waals surface area contributed by atoms with Crippen LogP contribution >= 0.6 is 0 Å². The summed E-state index contributed by atoms with van der Waals surface area (Å²) in [6.07, 6.45) is 2.76. The largest absolute Gasteiger partial charge is 0.382 e. The molecule has 8 heteroatoms. The van der Waals surface area contributed by atoms with Crippen molar-refractivity contribution in [3.63, 3.8) is 0 Å². The van der Waals surface area contributed by atoms with Gasteiger partial charge in [0.15, 0.2) is 0 Å². The highest BCUT2D eigenvalue weighted by atomic mass is 19.1. The molecule has 0 saturated carbocycles. The van der Waals surface area contributed by atoms with Crippen molar-refractivity contribution in [2.45, 2.75) is 38.6 Å². The Balaban J connectivity index is 1.43. The van der Waals surface area contributed by atoms with Crippen molar-refractivity contribution in [3.8, 4) is 11.4 Å². The predicted molar refractivity (Wildman–Crippen MR) is 121 cm³/mol. The Bertz CT molecular complexity index is 1100. The maximum Gasteiger partial charge on any atom is 0.253 e. The molecule has 1 fully saturated rings. The molecular weight excluding hydrogens is 409 g/mol. The molecule has 2 aromatic carbocycles. The Labute approximate surface area is 186 Å². The van der Waals surface area contributed by atoms with Crippen LogP contribution < -0.4 is 5.32 Å². The number of benzene rings is 2. The quantitative estimate of drug-likeness (QED) is 0.547. The minimum Gasteiger partial charge on any atom is -0.382 e. The molecule has 4 rings (SSSR count). The Hall–Kier alpha value is -3.55. The van der Waals surface area contributed by atoms with E-state index in [0.717, 1.165) is 29.7 Å². The van der Waals surface area contributed by atoms with Crippen molar-refractivity contribution in [1.82, 2.24) is 15.0 Å². The van der Waals surface area contributed by atoms with Gasteiger partial charge in [0.05, 0.1) is 0 Å². The second-order valence-corrected chi connectivity index (χ2v) is 8.27. The minimum absolute atomic E-state index is 0.0858. The molecule has 32 heavy (non-hydrogen) atoms. The normalized spacial score (nSPS) is 14.6. The lowest BCUT2D eigenvalue weighted by Crippen LogP contribution is -2.38. The molecule has 1 aromatic heterocycles. The fraction of sp³-hybridized carbons (Fsp3) is 0.333. The summed E-state index contributed by atoms with van der Waals surface area (Å²) in [5.74, 6) is 0.720. The number of likely N-dealkylation sites (tertiary alicyclic amines) is 1. The fourth-order valence-electron chi connectivity index (χ4n) is 3.88. The van der Waals surface area contributed by atoms with E-state index in [0.29, 0.717) is 30.4 Å². The molecule has 1 amide bonds. The van der Waals surface area contributed by atoms with Crippen LogP contribution in [0.25, 0.3) is 11.4 Å². The lowest BCUT2D eigenvalue weighted by molar-refractivity contribution is 0.0704. The summed E-state index contributed by atoms with van der Waals surface area (Å²) in [5.41, 5.74) is 2.96. The van der Waals surface area contributed by atoms with Crippen molar-refractivity contribution in [2.24, 2.45) is 0 Å². The van der Waals surface area contributed by atoms with Gasteiger partial charge in [-0.05, 0) is 57.0 Å². The topological polar surface area (TPSA) is 95.1 Å². The maximum atomic E-state index is 13.1. The van der Waals surface area contributed by atoms with Crippen molar-refractivity contribution in [1.29, 1.82) is 5.41 Å². The molecule has 2 heterocycles. The molecule has 7 nitrogen and oxygen atoms in total. The van der Waals surface area contributed by atoms with Gasteiger partial charge in [-0.3, -0.25) is 4.79 Å². The van der Waals surface area contributed by atoms with E-state index in [1.54, 1.807) is 4.90 Å². The van der Waals surface area contributed by atoms with E-state index in [4.69, 9.17) is 9.93 Å². The third-order valence-electron chi connectivity index (χ3n) is 5.58. The van der Waals surface area contributed by atoms with E-state index in [2.05, 4.69) is 15.5 Å². The fourth-order valence-corrected chi connectivity index (χ4v) is 3.88. The number of hydrogen-bond donors (Lipinski definition) is 2. The first-order valence-electron chi connectivity index (χ1n) is 10.7. The van der Waals surface area contributed by atoms with E-state index < -0.39 is 0 Å². The van der Waals surface area contributed by atoms with Gasteiger partial charge in [0.2, 0.25) is 11.7 Å². The zero-order chi connectivity index (χ0) is 22.7. The third-order valence-corrected chi connectivity index (χ3v) is 5.58. The molecule has 3 aromatic rings. The van der Waals surface area contributed by atoms with Crippen LogP contribution in [0.4, 0.5) is 10.1 Å². The molecule has 0 bridgehead atoms. The number of aromatic nitrogens is 2. The molecule has 0 spiro atoms. The van der Waals surface area contributed by atoms with E-state index >= 15 is 0 Å². The second kappa shape index (κ2) is 9.30. The number of anilines is 1. The average Bonchev–Trinajstić information content (AvgIpc) is 3.29. The molecule has 0 unspecified atom stereocenters. The smallest absolute Gasteiger partial charge is 0.253 e. The Kier molecular flexibility index (Phi) is 6.30. The number of piperidine rings is 1. The molecule has 0 atom stereocenters. The summed E-state index contributed by atoms with van der Waals surface area (Å²) < 4.78 is 18.7. The predicted octanol–water partition coefficient (Wildman–Crippen LogP) is 4.71. The van der Waals surface area contributed by atoms with Crippen molar-refractivity contribution >= 4 is 17.8 Å². The highest BCUT2D eigenvalue weighted by Crippen LogP contribution is 2.30. The third kappa shape index (κ3) is 4.69. The lowest BCUT2D eigenvalue weighted by Gasteiger charge is -2.30. The molecular formula is C24H26FN5O2. The number of carbonyl (C=O) groups excluding carboxylic acids is 1. The van der Waals surface area contributed by atoms with Gasteiger partial charge in [-0.2, -0.15) is 4.98 Å². The van der Waals surface area contributed by atoms with Crippen LogP contribution in [0.3, 0.4) is 0 Å². The summed E-state index contributed by atoms with van der Waals surface area (Å²) in [7, 11) is 0. The molecule has 1 aliphatic heterocycles. The molecule has 0 radical (unpaired) electrons. The van der Waals surface area contributed by atoms with Crippen LogP contribution in [-0.2, 0) is 0 Å². The van der Waals surface area contributed by atoms with Crippen LogP contribution in [0.5, 0.6) is 0 Å². The van der Waals surface area contributed by atoms with Crippen molar-refractivity contribution in [2.75, 3.05) is 18.4 Å². The second-order valence-electron chi connectivity index (χ2n) is 8.27. The highest BCUT2D eigenvalue weighted by molar-refractivity contribution is 5.94. The zero-order valence-electron chi connectivity index (χ0n) is 18.1. The average molecular weight is 436 g/mol. The van der Waals surface area contributed by atoms with Gasteiger partial charge in [-0.25, -0.2) is 4.39 Å².